The molecule has 0 saturated carbocycles. The van der Waals surface area contributed by atoms with Crippen LogP contribution in [0.2, 0.25) is 0 Å². The highest BCUT2D eigenvalue weighted by atomic mass is 19.1. The minimum Gasteiger partial charge on any atom is -0.335 e. The molecule has 9 nitrogen and oxygen atoms in total. The van der Waals surface area contributed by atoms with Crippen molar-refractivity contribution in [2.24, 2.45) is 0 Å². The van der Waals surface area contributed by atoms with Crippen LogP contribution >= 0.6 is 0 Å². The summed E-state index contributed by atoms with van der Waals surface area (Å²) in [6, 6.07) is 6.83. The number of rotatable bonds is 5. The van der Waals surface area contributed by atoms with Crippen molar-refractivity contribution in [3.05, 3.63) is 59.7 Å². The van der Waals surface area contributed by atoms with Crippen molar-refractivity contribution in [2.75, 3.05) is 25.5 Å². The first-order valence-electron chi connectivity index (χ1n) is 13.0. The number of aromatic nitrogens is 5. The van der Waals surface area contributed by atoms with Gasteiger partial charge in [0.05, 0.1) is 17.3 Å². The number of carbonyl (C=O) groups excluding carboxylic acids is 1. The molecule has 5 rings (SSSR count). The second-order valence-corrected chi connectivity index (χ2v) is 10.5. The maximum atomic E-state index is 15.0. The molecule has 0 spiro atoms. The zero-order valence-corrected chi connectivity index (χ0v) is 22.9. The first kappa shape index (κ1) is 26.6. The van der Waals surface area contributed by atoms with E-state index in [1.165, 1.54) is 12.3 Å². The lowest BCUT2D eigenvalue weighted by molar-refractivity contribution is 0.0414. The van der Waals surface area contributed by atoms with Crippen molar-refractivity contribution in [1.82, 2.24) is 34.3 Å². The molecule has 0 radical (unpaired) electrons. The monoisotopic (exact) mass is 534 g/mol. The number of amides is 1. The maximum absolute atomic E-state index is 15.0. The SMILES string of the molecule is Cc1nc2c(F)cc(-c3nc(Nc4ccc(C(=O)N5C[C@@H](C)N(C)[C@@H](C)C5)cn4)ncc3F)cc2n1C(C)C. The molecule has 0 unspecified atom stereocenters. The van der Waals surface area contributed by atoms with Crippen molar-refractivity contribution in [1.29, 1.82) is 0 Å². The van der Waals surface area contributed by atoms with E-state index in [2.05, 4.69) is 51.0 Å². The lowest BCUT2D eigenvalue weighted by atomic mass is 10.1. The van der Waals surface area contributed by atoms with Crippen LogP contribution in [0.25, 0.3) is 22.3 Å². The lowest BCUT2D eigenvalue weighted by Gasteiger charge is -2.42. The second kappa shape index (κ2) is 10.3. The number of nitrogens with one attached hydrogen (secondary N) is 1. The molecule has 11 heteroatoms. The Morgan fingerprint density at radius 3 is 2.38 bits per heavy atom. The number of carbonyl (C=O) groups is 1. The first-order valence-corrected chi connectivity index (χ1v) is 13.0. The van der Waals surface area contributed by atoms with Gasteiger partial charge >= 0.3 is 0 Å². The molecular weight excluding hydrogens is 502 g/mol. The summed E-state index contributed by atoms with van der Waals surface area (Å²) in [4.78, 5) is 34.2. The van der Waals surface area contributed by atoms with Crippen molar-refractivity contribution < 1.29 is 13.6 Å². The molecule has 1 aromatic carbocycles. The molecule has 0 aliphatic carbocycles. The molecule has 4 aromatic rings. The van der Waals surface area contributed by atoms with Gasteiger partial charge in [0, 0.05) is 43.0 Å². The number of likely N-dealkylation sites (N-methyl/N-ethyl adjacent to an activating group) is 1. The molecular formula is C28H32F2N8O. The third-order valence-corrected chi connectivity index (χ3v) is 7.36. The Balaban J connectivity index is 1.38. The van der Waals surface area contributed by atoms with E-state index in [4.69, 9.17) is 0 Å². The average molecular weight is 535 g/mol. The molecule has 39 heavy (non-hydrogen) atoms. The van der Waals surface area contributed by atoms with E-state index >= 15 is 0 Å². The van der Waals surface area contributed by atoms with E-state index in [-0.39, 0.29) is 46.8 Å². The highest BCUT2D eigenvalue weighted by molar-refractivity contribution is 5.94. The number of imidazole rings is 1. The van der Waals surface area contributed by atoms with Crippen LogP contribution in [0, 0.1) is 18.6 Å². The van der Waals surface area contributed by atoms with Gasteiger partial charge in [0.15, 0.2) is 11.6 Å². The van der Waals surface area contributed by atoms with Crippen LogP contribution in [0.1, 0.15) is 49.9 Å². The van der Waals surface area contributed by atoms with Crippen LogP contribution in [-0.2, 0) is 0 Å². The summed E-state index contributed by atoms with van der Waals surface area (Å²) in [7, 11) is 2.07. The Morgan fingerprint density at radius 2 is 1.74 bits per heavy atom. The van der Waals surface area contributed by atoms with Gasteiger partial charge in [-0.1, -0.05) is 0 Å². The molecule has 2 atom stereocenters. The minimum absolute atomic E-state index is 0.0427. The molecule has 1 amide bonds. The number of anilines is 2. The van der Waals surface area contributed by atoms with Gasteiger partial charge < -0.3 is 14.8 Å². The maximum Gasteiger partial charge on any atom is 0.255 e. The topological polar surface area (TPSA) is 92.1 Å². The zero-order valence-electron chi connectivity index (χ0n) is 22.9. The summed E-state index contributed by atoms with van der Waals surface area (Å²) in [6.07, 6.45) is 2.53. The van der Waals surface area contributed by atoms with Gasteiger partial charge in [-0.05, 0) is 65.9 Å². The third kappa shape index (κ3) is 5.06. The third-order valence-electron chi connectivity index (χ3n) is 7.36. The van der Waals surface area contributed by atoms with Gasteiger partial charge in [-0.25, -0.2) is 28.7 Å². The fourth-order valence-corrected chi connectivity index (χ4v) is 5.15. The molecule has 1 aliphatic heterocycles. The molecule has 3 aromatic heterocycles. The van der Waals surface area contributed by atoms with Crippen molar-refractivity contribution in [3.8, 4) is 11.3 Å². The van der Waals surface area contributed by atoms with E-state index in [0.29, 0.717) is 35.8 Å². The largest absolute Gasteiger partial charge is 0.335 e. The number of hydrogen-bond donors (Lipinski definition) is 1. The number of benzene rings is 1. The standard InChI is InChI=1S/C28H32F2N8O/c1-15(2)38-18(5)33-26-21(29)9-20(10-23(26)38)25-22(30)12-32-28(35-25)34-24-8-7-19(11-31-24)27(39)37-13-16(3)36(6)17(4)14-37/h7-12,15-17H,13-14H2,1-6H3,(H,31,32,34,35)/t16-,17+. The van der Waals surface area contributed by atoms with E-state index in [1.807, 2.05) is 30.2 Å². The van der Waals surface area contributed by atoms with Crippen LogP contribution in [0.15, 0.2) is 36.7 Å². The highest BCUT2D eigenvalue weighted by Gasteiger charge is 2.30. The number of pyridine rings is 1. The van der Waals surface area contributed by atoms with Gasteiger partial charge in [0.1, 0.15) is 22.9 Å². The number of nitrogens with zero attached hydrogens (tertiary/aromatic N) is 7. The van der Waals surface area contributed by atoms with E-state index in [1.54, 1.807) is 18.2 Å². The lowest BCUT2D eigenvalue weighted by Crippen LogP contribution is -2.56. The average Bonchev–Trinajstić information content (AvgIpc) is 3.24. The van der Waals surface area contributed by atoms with Crippen LogP contribution in [0.5, 0.6) is 0 Å². The van der Waals surface area contributed by atoms with Crippen molar-refractivity contribution in [3.63, 3.8) is 0 Å². The molecule has 1 aliphatic rings. The highest BCUT2D eigenvalue weighted by Crippen LogP contribution is 2.30. The van der Waals surface area contributed by atoms with Crippen molar-refractivity contribution >= 4 is 28.7 Å². The molecule has 1 N–H and O–H groups in total. The second-order valence-electron chi connectivity index (χ2n) is 10.5. The molecule has 204 valence electrons. The Hall–Kier alpha value is -3.99. The Morgan fingerprint density at radius 1 is 1.03 bits per heavy atom. The number of halogens is 2. The van der Waals surface area contributed by atoms with E-state index in [9.17, 15) is 13.6 Å². The van der Waals surface area contributed by atoms with Gasteiger partial charge in [-0.2, -0.15) is 0 Å². The number of fused-ring (bicyclic) bond motifs is 1. The van der Waals surface area contributed by atoms with Gasteiger partial charge in [0.25, 0.3) is 5.91 Å². The van der Waals surface area contributed by atoms with Crippen molar-refractivity contribution in [2.45, 2.75) is 52.7 Å². The summed E-state index contributed by atoms with van der Waals surface area (Å²) in [6.45, 7) is 11.3. The van der Waals surface area contributed by atoms with Crippen LogP contribution < -0.4 is 5.32 Å². The summed E-state index contributed by atoms with van der Waals surface area (Å²) >= 11 is 0. The molecule has 1 fully saturated rings. The minimum atomic E-state index is -0.684. The first-order chi connectivity index (χ1) is 18.5. The van der Waals surface area contributed by atoms with Gasteiger partial charge in [0.2, 0.25) is 5.95 Å². The predicted molar refractivity (Wildman–Crippen MR) is 146 cm³/mol. The Labute approximate surface area is 225 Å². The predicted octanol–water partition coefficient (Wildman–Crippen LogP) is 4.96. The Bertz CT molecular complexity index is 1520. The zero-order chi connectivity index (χ0) is 28.0. The number of aryl methyl sites for hydroxylation is 1. The number of hydrogen-bond acceptors (Lipinski definition) is 7. The quantitative estimate of drug-likeness (QED) is 0.387. The van der Waals surface area contributed by atoms with Gasteiger partial charge in [-0.15, -0.1) is 0 Å². The van der Waals surface area contributed by atoms with Crippen LogP contribution in [0.3, 0.4) is 0 Å². The fourth-order valence-electron chi connectivity index (χ4n) is 5.15. The molecule has 1 saturated heterocycles. The molecule has 0 bridgehead atoms. The summed E-state index contributed by atoms with van der Waals surface area (Å²) < 4.78 is 31.7. The summed E-state index contributed by atoms with van der Waals surface area (Å²) in [5.41, 5.74) is 1.50. The van der Waals surface area contributed by atoms with Gasteiger partial charge in [-0.3, -0.25) is 9.69 Å². The smallest absolute Gasteiger partial charge is 0.255 e. The normalized spacial score (nSPS) is 18.2. The number of piperazine rings is 1. The van der Waals surface area contributed by atoms with E-state index < -0.39 is 11.6 Å². The van der Waals surface area contributed by atoms with Crippen LogP contribution in [-0.4, -0.2) is 72.4 Å². The fraction of sp³-hybridized carbons (Fsp3) is 0.393. The van der Waals surface area contributed by atoms with E-state index in [0.717, 1.165) is 6.20 Å². The summed E-state index contributed by atoms with van der Waals surface area (Å²) in [5, 5.41) is 2.95. The van der Waals surface area contributed by atoms with Crippen LogP contribution in [0.4, 0.5) is 20.5 Å². The molecule has 4 heterocycles. The Kier molecular flexibility index (Phi) is 7.02. The summed E-state index contributed by atoms with van der Waals surface area (Å²) in [5.74, 6) is -0.159.